The van der Waals surface area contributed by atoms with Crippen molar-refractivity contribution in [2.24, 2.45) is 0 Å². The molecule has 2 aliphatic rings. The Balaban J connectivity index is 1.83. The molecule has 8 nitrogen and oxygen atoms in total. The summed E-state index contributed by atoms with van der Waals surface area (Å²) in [7, 11) is 1.45. The maximum Gasteiger partial charge on any atom is 0.187 e. The van der Waals surface area contributed by atoms with Crippen LogP contribution in [0.5, 0.6) is 11.5 Å². The van der Waals surface area contributed by atoms with Crippen LogP contribution in [0.3, 0.4) is 0 Å². The third kappa shape index (κ3) is 2.97. The number of aliphatic hydroxyl groups excluding tert-OH is 3. The predicted octanol–water partition coefficient (Wildman–Crippen LogP) is -0.315. The van der Waals surface area contributed by atoms with Crippen molar-refractivity contribution in [1.82, 2.24) is 0 Å². The lowest BCUT2D eigenvalue weighted by atomic mass is 9.96. The van der Waals surface area contributed by atoms with Crippen molar-refractivity contribution < 1.29 is 39.4 Å². The largest absolute Gasteiger partial charge is 0.504 e. The fourth-order valence-corrected chi connectivity index (χ4v) is 3.09. The standard InChI is InChI=1S/C16H22O8/c1-7-14(8-3-4-9(18)10(5-8)21-2)24-15-13(20)12(19)11(6-17)23-16(15)22-7/h3-5,7,11-20H,6H2,1-2H3. The van der Waals surface area contributed by atoms with Crippen molar-refractivity contribution in [3.63, 3.8) is 0 Å². The molecule has 2 aliphatic heterocycles. The number of methoxy groups -OCH3 is 1. The zero-order chi connectivity index (χ0) is 17.4. The van der Waals surface area contributed by atoms with Gasteiger partial charge in [0, 0.05) is 0 Å². The van der Waals surface area contributed by atoms with E-state index < -0.39 is 49.5 Å². The molecule has 134 valence electrons. The lowest BCUT2D eigenvalue weighted by Crippen LogP contribution is -2.63. The van der Waals surface area contributed by atoms with Crippen LogP contribution in [0.25, 0.3) is 0 Å². The number of hydrogen-bond acceptors (Lipinski definition) is 8. The highest BCUT2D eigenvalue weighted by molar-refractivity contribution is 5.42. The Morgan fingerprint density at radius 3 is 2.54 bits per heavy atom. The molecule has 0 amide bonds. The topological polar surface area (TPSA) is 118 Å². The zero-order valence-corrected chi connectivity index (χ0v) is 13.4. The summed E-state index contributed by atoms with van der Waals surface area (Å²) in [4.78, 5) is 0. The van der Waals surface area contributed by atoms with Gasteiger partial charge < -0.3 is 39.4 Å². The number of benzene rings is 1. The highest BCUT2D eigenvalue weighted by Gasteiger charge is 2.50. The van der Waals surface area contributed by atoms with Crippen molar-refractivity contribution in [2.45, 2.75) is 49.8 Å². The van der Waals surface area contributed by atoms with E-state index in [4.69, 9.17) is 18.9 Å². The second kappa shape index (κ2) is 6.83. The Hall–Kier alpha value is -1.42. The van der Waals surface area contributed by atoms with Crippen molar-refractivity contribution in [2.75, 3.05) is 13.7 Å². The third-order valence-electron chi connectivity index (χ3n) is 4.44. The van der Waals surface area contributed by atoms with Gasteiger partial charge in [-0.1, -0.05) is 6.07 Å². The summed E-state index contributed by atoms with van der Waals surface area (Å²) in [5, 5.41) is 39.2. The Morgan fingerprint density at radius 1 is 1.12 bits per heavy atom. The number of fused-ring (bicyclic) bond motifs is 1. The van der Waals surface area contributed by atoms with Crippen LogP contribution in [-0.2, 0) is 14.2 Å². The van der Waals surface area contributed by atoms with Crippen molar-refractivity contribution in [1.29, 1.82) is 0 Å². The van der Waals surface area contributed by atoms with Gasteiger partial charge in [0.15, 0.2) is 17.8 Å². The van der Waals surface area contributed by atoms with Gasteiger partial charge in [-0.2, -0.15) is 0 Å². The summed E-state index contributed by atoms with van der Waals surface area (Å²) in [6, 6.07) is 4.79. The summed E-state index contributed by atoms with van der Waals surface area (Å²) in [5.41, 5.74) is 0.696. The van der Waals surface area contributed by atoms with Gasteiger partial charge in [0.1, 0.15) is 30.5 Å². The van der Waals surface area contributed by atoms with Crippen LogP contribution in [0.15, 0.2) is 18.2 Å². The van der Waals surface area contributed by atoms with E-state index in [-0.39, 0.29) is 5.75 Å². The Kier molecular flexibility index (Phi) is 4.95. The van der Waals surface area contributed by atoms with Crippen LogP contribution < -0.4 is 4.74 Å². The Labute approximate surface area is 139 Å². The molecule has 7 atom stereocenters. The van der Waals surface area contributed by atoms with E-state index in [1.807, 2.05) is 0 Å². The van der Waals surface area contributed by atoms with Crippen LogP contribution in [0.4, 0.5) is 0 Å². The number of phenolic OH excluding ortho intramolecular Hbond substituents is 1. The minimum absolute atomic E-state index is 0.00533. The highest BCUT2D eigenvalue weighted by Crippen LogP contribution is 2.39. The van der Waals surface area contributed by atoms with Crippen molar-refractivity contribution in [3.8, 4) is 11.5 Å². The minimum Gasteiger partial charge on any atom is -0.504 e. The van der Waals surface area contributed by atoms with Gasteiger partial charge >= 0.3 is 0 Å². The van der Waals surface area contributed by atoms with E-state index in [1.54, 1.807) is 19.1 Å². The maximum atomic E-state index is 10.3. The van der Waals surface area contributed by atoms with Crippen LogP contribution >= 0.6 is 0 Å². The molecular formula is C16H22O8. The molecular weight excluding hydrogens is 320 g/mol. The molecule has 7 unspecified atom stereocenters. The molecule has 0 aromatic heterocycles. The number of rotatable bonds is 3. The summed E-state index contributed by atoms with van der Waals surface area (Å²) < 4.78 is 22.3. The molecule has 1 aromatic carbocycles. The average Bonchev–Trinajstić information content (AvgIpc) is 2.58. The molecule has 2 heterocycles. The highest BCUT2D eigenvalue weighted by atomic mass is 16.7. The average molecular weight is 342 g/mol. The fraction of sp³-hybridized carbons (Fsp3) is 0.625. The SMILES string of the molecule is COc1cc(C2OC3C(OC2C)OC(CO)C(O)C3O)ccc1O. The first-order valence-corrected chi connectivity index (χ1v) is 7.76. The molecule has 24 heavy (non-hydrogen) atoms. The normalized spacial score (nSPS) is 39.3. The first kappa shape index (κ1) is 17.4. The zero-order valence-electron chi connectivity index (χ0n) is 13.4. The molecule has 0 aliphatic carbocycles. The van der Waals surface area contributed by atoms with E-state index in [0.717, 1.165) is 0 Å². The first-order chi connectivity index (χ1) is 11.5. The van der Waals surface area contributed by atoms with Gasteiger partial charge in [0.2, 0.25) is 0 Å². The molecule has 1 aromatic rings. The third-order valence-corrected chi connectivity index (χ3v) is 4.44. The lowest BCUT2D eigenvalue weighted by Gasteiger charge is -2.48. The molecule has 4 N–H and O–H groups in total. The van der Waals surface area contributed by atoms with Gasteiger partial charge in [-0.15, -0.1) is 0 Å². The molecule has 8 heteroatoms. The maximum absolute atomic E-state index is 10.3. The molecule has 0 radical (unpaired) electrons. The van der Waals surface area contributed by atoms with E-state index >= 15 is 0 Å². The van der Waals surface area contributed by atoms with Gasteiger partial charge in [-0.3, -0.25) is 0 Å². The molecule has 2 saturated heterocycles. The minimum atomic E-state index is -1.27. The molecule has 3 rings (SSSR count). The van der Waals surface area contributed by atoms with E-state index in [2.05, 4.69) is 0 Å². The van der Waals surface area contributed by atoms with E-state index in [1.165, 1.54) is 13.2 Å². The second-order valence-electron chi connectivity index (χ2n) is 6.00. The number of phenols is 1. The second-order valence-corrected chi connectivity index (χ2v) is 6.00. The van der Waals surface area contributed by atoms with Crippen LogP contribution in [0.1, 0.15) is 18.6 Å². The molecule has 0 saturated carbocycles. The van der Waals surface area contributed by atoms with Crippen LogP contribution in [0, 0.1) is 0 Å². The number of aromatic hydroxyl groups is 1. The number of hydrogen-bond donors (Lipinski definition) is 4. The van der Waals surface area contributed by atoms with E-state index in [9.17, 15) is 20.4 Å². The quantitative estimate of drug-likeness (QED) is 0.591. The van der Waals surface area contributed by atoms with Gasteiger partial charge in [0.05, 0.1) is 19.8 Å². The number of aliphatic hydroxyl groups is 3. The van der Waals surface area contributed by atoms with Crippen LogP contribution in [0.2, 0.25) is 0 Å². The molecule has 2 fully saturated rings. The van der Waals surface area contributed by atoms with Gasteiger partial charge in [-0.25, -0.2) is 0 Å². The molecule has 0 spiro atoms. The summed E-state index contributed by atoms with van der Waals surface area (Å²) in [6.45, 7) is 1.35. The Bertz CT molecular complexity index is 579. The van der Waals surface area contributed by atoms with Crippen molar-refractivity contribution in [3.05, 3.63) is 23.8 Å². The number of ether oxygens (including phenoxy) is 4. The first-order valence-electron chi connectivity index (χ1n) is 7.76. The fourth-order valence-electron chi connectivity index (χ4n) is 3.09. The lowest BCUT2D eigenvalue weighted by molar-refractivity contribution is -0.366. The predicted molar refractivity (Wildman–Crippen MR) is 80.6 cm³/mol. The van der Waals surface area contributed by atoms with Crippen molar-refractivity contribution >= 4 is 0 Å². The smallest absolute Gasteiger partial charge is 0.187 e. The van der Waals surface area contributed by atoms with Crippen LogP contribution in [-0.4, -0.2) is 71.0 Å². The van der Waals surface area contributed by atoms with E-state index in [0.29, 0.717) is 11.3 Å². The monoisotopic (exact) mass is 342 g/mol. The summed E-state index contributed by atoms with van der Waals surface area (Å²) in [5.74, 6) is 0.303. The van der Waals surface area contributed by atoms with Gasteiger partial charge in [-0.05, 0) is 24.6 Å². The summed E-state index contributed by atoms with van der Waals surface area (Å²) >= 11 is 0. The molecule has 0 bridgehead atoms. The summed E-state index contributed by atoms with van der Waals surface area (Å²) in [6.07, 6.45) is -6.20. The van der Waals surface area contributed by atoms with Gasteiger partial charge in [0.25, 0.3) is 0 Å². The Morgan fingerprint density at radius 2 is 1.88 bits per heavy atom.